The summed E-state index contributed by atoms with van der Waals surface area (Å²) in [5.74, 6) is -1.63. The highest BCUT2D eigenvalue weighted by atomic mass is 16.6. The van der Waals surface area contributed by atoms with Gasteiger partial charge in [-0.25, -0.2) is 10.2 Å². The lowest BCUT2D eigenvalue weighted by molar-refractivity contribution is -0.384. The number of nitro benzene ring substituents is 1. The molecule has 9 heteroatoms. The standard InChI is InChI=1S/C19H14N4O5/c24-18(13-4-1-7-16(10-13)23(27)28)21-20-12-17-8-3-9-22(17)15-6-2-5-14(11-15)19(25)26/h1-12H,(H,21,24)(H,25,26)/b20-12-. The zero-order valence-corrected chi connectivity index (χ0v) is 14.4. The van der Waals surface area contributed by atoms with Crippen molar-refractivity contribution in [3.05, 3.63) is 93.8 Å². The van der Waals surface area contributed by atoms with Crippen LogP contribution in [0.2, 0.25) is 0 Å². The number of amides is 1. The molecule has 0 atom stereocenters. The third-order valence-corrected chi connectivity index (χ3v) is 3.83. The number of aromatic carboxylic acids is 1. The number of carbonyl (C=O) groups excluding carboxylic acids is 1. The molecule has 0 saturated heterocycles. The number of hydrazone groups is 1. The molecule has 0 aliphatic rings. The number of hydrogen-bond acceptors (Lipinski definition) is 5. The second kappa shape index (κ2) is 7.96. The average molecular weight is 378 g/mol. The minimum Gasteiger partial charge on any atom is -0.478 e. The molecule has 0 radical (unpaired) electrons. The Morgan fingerprint density at radius 2 is 1.82 bits per heavy atom. The Morgan fingerprint density at radius 1 is 1.07 bits per heavy atom. The maximum atomic E-state index is 12.1. The summed E-state index contributed by atoms with van der Waals surface area (Å²) in [6.07, 6.45) is 3.12. The third-order valence-electron chi connectivity index (χ3n) is 3.83. The van der Waals surface area contributed by atoms with Crippen LogP contribution in [-0.2, 0) is 0 Å². The van der Waals surface area contributed by atoms with Crippen LogP contribution in [0.15, 0.2) is 72.0 Å². The molecular formula is C19H14N4O5. The molecule has 28 heavy (non-hydrogen) atoms. The maximum Gasteiger partial charge on any atom is 0.335 e. The zero-order chi connectivity index (χ0) is 20.1. The fourth-order valence-electron chi connectivity index (χ4n) is 2.51. The van der Waals surface area contributed by atoms with E-state index in [2.05, 4.69) is 10.5 Å². The normalized spacial score (nSPS) is 10.7. The highest BCUT2D eigenvalue weighted by Crippen LogP contribution is 2.14. The van der Waals surface area contributed by atoms with Crippen molar-refractivity contribution in [2.24, 2.45) is 5.10 Å². The van der Waals surface area contributed by atoms with Crippen LogP contribution in [0, 0.1) is 10.1 Å². The molecule has 0 spiro atoms. The Morgan fingerprint density at radius 3 is 2.57 bits per heavy atom. The number of hydrogen-bond donors (Lipinski definition) is 2. The van der Waals surface area contributed by atoms with E-state index in [9.17, 15) is 19.7 Å². The van der Waals surface area contributed by atoms with Gasteiger partial charge in [0.1, 0.15) is 0 Å². The Labute approximate surface area is 158 Å². The summed E-state index contributed by atoms with van der Waals surface area (Å²) in [6, 6.07) is 15.2. The van der Waals surface area contributed by atoms with Crippen molar-refractivity contribution < 1.29 is 19.6 Å². The molecule has 1 aromatic heterocycles. The molecule has 2 aromatic carbocycles. The summed E-state index contributed by atoms with van der Waals surface area (Å²) < 4.78 is 1.70. The van der Waals surface area contributed by atoms with Crippen molar-refractivity contribution in [3.63, 3.8) is 0 Å². The van der Waals surface area contributed by atoms with Crippen LogP contribution >= 0.6 is 0 Å². The van der Waals surface area contributed by atoms with Crippen LogP contribution in [0.3, 0.4) is 0 Å². The average Bonchev–Trinajstić information content (AvgIpc) is 3.16. The lowest BCUT2D eigenvalue weighted by Crippen LogP contribution is -2.18. The van der Waals surface area contributed by atoms with E-state index in [4.69, 9.17) is 5.11 Å². The monoisotopic (exact) mass is 378 g/mol. The van der Waals surface area contributed by atoms with Crippen molar-refractivity contribution in [2.45, 2.75) is 0 Å². The number of nitrogens with one attached hydrogen (secondary N) is 1. The van der Waals surface area contributed by atoms with E-state index in [-0.39, 0.29) is 16.8 Å². The largest absolute Gasteiger partial charge is 0.478 e. The van der Waals surface area contributed by atoms with E-state index in [1.54, 1.807) is 35.0 Å². The fraction of sp³-hybridized carbons (Fsp3) is 0. The summed E-state index contributed by atoms with van der Waals surface area (Å²) in [7, 11) is 0. The highest BCUT2D eigenvalue weighted by Gasteiger charge is 2.11. The number of carboxylic acids is 1. The summed E-state index contributed by atoms with van der Waals surface area (Å²) >= 11 is 0. The second-order valence-electron chi connectivity index (χ2n) is 5.67. The molecule has 1 heterocycles. The zero-order valence-electron chi connectivity index (χ0n) is 14.4. The van der Waals surface area contributed by atoms with Gasteiger partial charge < -0.3 is 9.67 Å². The lowest BCUT2D eigenvalue weighted by Gasteiger charge is -2.07. The molecule has 0 unspecified atom stereocenters. The lowest BCUT2D eigenvalue weighted by atomic mass is 10.2. The van der Waals surface area contributed by atoms with E-state index in [1.807, 2.05) is 0 Å². The van der Waals surface area contributed by atoms with Gasteiger partial charge in [-0.3, -0.25) is 14.9 Å². The van der Waals surface area contributed by atoms with Gasteiger partial charge in [-0.2, -0.15) is 5.10 Å². The minimum atomic E-state index is -1.03. The number of benzene rings is 2. The first-order chi connectivity index (χ1) is 13.5. The van der Waals surface area contributed by atoms with Gasteiger partial charge in [0.05, 0.1) is 22.4 Å². The van der Waals surface area contributed by atoms with Crippen LogP contribution in [0.4, 0.5) is 5.69 Å². The van der Waals surface area contributed by atoms with Gasteiger partial charge in [0.25, 0.3) is 11.6 Å². The molecule has 3 aromatic rings. The number of aromatic nitrogens is 1. The number of carboxylic acid groups (broad SMARTS) is 1. The number of carbonyl (C=O) groups is 2. The smallest absolute Gasteiger partial charge is 0.335 e. The molecule has 9 nitrogen and oxygen atoms in total. The van der Waals surface area contributed by atoms with Gasteiger partial charge in [0.15, 0.2) is 0 Å². The first-order valence-electron chi connectivity index (χ1n) is 8.04. The molecule has 0 bridgehead atoms. The Hall–Kier alpha value is -4.27. The molecule has 1 amide bonds. The van der Waals surface area contributed by atoms with Crippen molar-refractivity contribution in [3.8, 4) is 5.69 Å². The summed E-state index contributed by atoms with van der Waals surface area (Å²) in [6.45, 7) is 0. The van der Waals surface area contributed by atoms with Crippen LogP contribution in [-0.4, -0.2) is 32.7 Å². The first-order valence-corrected chi connectivity index (χ1v) is 8.04. The van der Waals surface area contributed by atoms with Crippen molar-refractivity contribution in [1.82, 2.24) is 9.99 Å². The van der Waals surface area contributed by atoms with E-state index in [0.717, 1.165) is 6.07 Å². The van der Waals surface area contributed by atoms with Crippen molar-refractivity contribution >= 4 is 23.8 Å². The highest BCUT2D eigenvalue weighted by molar-refractivity contribution is 5.95. The van der Waals surface area contributed by atoms with Gasteiger partial charge in [0.2, 0.25) is 0 Å². The second-order valence-corrected chi connectivity index (χ2v) is 5.67. The predicted octanol–water partition coefficient (Wildman–Crippen LogP) is 2.85. The van der Waals surface area contributed by atoms with E-state index in [0.29, 0.717) is 11.4 Å². The molecule has 0 aliphatic carbocycles. The van der Waals surface area contributed by atoms with E-state index in [1.165, 1.54) is 36.5 Å². The van der Waals surface area contributed by atoms with Gasteiger partial charge in [0, 0.05) is 29.6 Å². The topological polar surface area (TPSA) is 127 Å². The van der Waals surface area contributed by atoms with Crippen molar-refractivity contribution in [2.75, 3.05) is 0 Å². The van der Waals surface area contributed by atoms with Gasteiger partial charge in [-0.05, 0) is 36.4 Å². The number of non-ortho nitro benzene ring substituents is 1. The van der Waals surface area contributed by atoms with E-state index >= 15 is 0 Å². The fourth-order valence-corrected chi connectivity index (χ4v) is 2.51. The summed E-state index contributed by atoms with van der Waals surface area (Å²) in [5.41, 5.74) is 3.60. The van der Waals surface area contributed by atoms with Crippen LogP contribution in [0.1, 0.15) is 26.4 Å². The first kappa shape index (κ1) is 18.5. The van der Waals surface area contributed by atoms with Gasteiger partial charge in [-0.15, -0.1) is 0 Å². The molecule has 0 saturated carbocycles. The number of nitro groups is 1. The third kappa shape index (κ3) is 4.10. The number of nitrogens with zero attached hydrogens (tertiary/aromatic N) is 3. The quantitative estimate of drug-likeness (QED) is 0.387. The van der Waals surface area contributed by atoms with Gasteiger partial charge >= 0.3 is 5.97 Å². The maximum absolute atomic E-state index is 12.1. The SMILES string of the molecule is O=C(O)c1cccc(-n2cccc2/C=N\NC(=O)c2cccc([N+](=O)[O-])c2)c1. The molecule has 2 N–H and O–H groups in total. The molecule has 3 rings (SSSR count). The van der Waals surface area contributed by atoms with Gasteiger partial charge in [-0.1, -0.05) is 12.1 Å². The van der Waals surface area contributed by atoms with E-state index < -0.39 is 16.8 Å². The summed E-state index contributed by atoms with van der Waals surface area (Å²) in [4.78, 5) is 33.4. The molecule has 0 fully saturated rings. The van der Waals surface area contributed by atoms with Crippen LogP contribution in [0.25, 0.3) is 5.69 Å². The Kier molecular flexibility index (Phi) is 5.26. The molecule has 140 valence electrons. The Balaban J connectivity index is 1.76. The summed E-state index contributed by atoms with van der Waals surface area (Å²) in [5, 5.41) is 23.8. The molecular weight excluding hydrogens is 364 g/mol. The predicted molar refractivity (Wildman–Crippen MR) is 101 cm³/mol. The van der Waals surface area contributed by atoms with Crippen LogP contribution in [0.5, 0.6) is 0 Å². The Bertz CT molecular complexity index is 1090. The van der Waals surface area contributed by atoms with Crippen molar-refractivity contribution in [1.29, 1.82) is 0 Å². The number of rotatable bonds is 6. The molecule has 0 aliphatic heterocycles. The minimum absolute atomic E-state index is 0.107. The van der Waals surface area contributed by atoms with Crippen LogP contribution < -0.4 is 5.43 Å².